The lowest BCUT2D eigenvalue weighted by molar-refractivity contribution is -0.205. The van der Waals surface area contributed by atoms with E-state index in [0.717, 1.165) is 11.8 Å². The smallest absolute Gasteiger partial charge is 0.394 e. The number of nitrogens with zero attached hydrogens (tertiary/aromatic N) is 1. The number of thiol groups is 1. The second-order valence-corrected chi connectivity index (χ2v) is 7.61. The van der Waals surface area contributed by atoms with Crippen molar-refractivity contribution in [1.82, 2.24) is 0 Å². The highest BCUT2D eigenvalue weighted by Gasteiger charge is 2.44. The largest absolute Gasteiger partial charge is 0.466 e. The van der Waals surface area contributed by atoms with E-state index in [1.165, 1.54) is 0 Å². The zero-order valence-electron chi connectivity index (χ0n) is 12.5. The molecule has 142 valence electrons. The SMILES string of the molecule is O=S(=O)(O)O/N=C(\CCCCS)S[C@@H]1O[C@H](CO)[C@H](O)[C@H](O)[C@H]1O. The monoisotopic (exact) mass is 407 g/mol. The average molecular weight is 407 g/mol. The van der Waals surface area contributed by atoms with Crippen molar-refractivity contribution in [1.29, 1.82) is 0 Å². The quantitative estimate of drug-likeness (QED) is 0.0715. The Morgan fingerprint density at radius 3 is 2.42 bits per heavy atom. The maximum Gasteiger partial charge on any atom is 0.466 e. The molecule has 0 saturated carbocycles. The van der Waals surface area contributed by atoms with E-state index in [2.05, 4.69) is 22.1 Å². The number of unbranched alkanes of at least 4 members (excludes halogenated alkanes) is 1. The third kappa shape index (κ3) is 7.01. The Morgan fingerprint density at radius 2 is 1.88 bits per heavy atom. The molecule has 0 radical (unpaired) electrons. The molecule has 10 nitrogen and oxygen atoms in total. The summed E-state index contributed by atoms with van der Waals surface area (Å²) in [6, 6.07) is 0. The van der Waals surface area contributed by atoms with Gasteiger partial charge in [-0.3, -0.25) is 4.55 Å². The van der Waals surface area contributed by atoms with E-state index in [1.807, 2.05) is 0 Å². The van der Waals surface area contributed by atoms with Gasteiger partial charge in [-0.1, -0.05) is 16.9 Å². The molecule has 0 bridgehead atoms. The molecule has 5 atom stereocenters. The third-order valence-corrected chi connectivity index (χ3v) is 4.88. The molecule has 5 N–H and O–H groups in total. The van der Waals surface area contributed by atoms with Crippen LogP contribution in [0.15, 0.2) is 5.16 Å². The van der Waals surface area contributed by atoms with Gasteiger partial charge in [0.15, 0.2) is 0 Å². The van der Waals surface area contributed by atoms with E-state index >= 15 is 0 Å². The first-order valence-electron chi connectivity index (χ1n) is 7.00. The maximum absolute atomic E-state index is 10.6. The van der Waals surface area contributed by atoms with E-state index in [4.69, 9.17) is 14.4 Å². The highest BCUT2D eigenvalue weighted by atomic mass is 32.3. The molecule has 13 heteroatoms. The van der Waals surface area contributed by atoms with Crippen molar-refractivity contribution >= 4 is 39.8 Å². The van der Waals surface area contributed by atoms with Gasteiger partial charge in [0, 0.05) is 0 Å². The molecular weight excluding hydrogens is 386 g/mol. The number of thioether (sulfide) groups is 1. The molecule has 0 aromatic carbocycles. The molecule has 1 fully saturated rings. The second kappa shape index (κ2) is 10.1. The molecule has 0 spiro atoms. The van der Waals surface area contributed by atoms with Crippen LogP contribution in [0.4, 0.5) is 0 Å². The molecule has 0 aromatic rings. The van der Waals surface area contributed by atoms with Gasteiger partial charge in [-0.05, 0) is 25.0 Å². The lowest BCUT2D eigenvalue weighted by atomic mass is 10.0. The van der Waals surface area contributed by atoms with Gasteiger partial charge in [0.2, 0.25) is 0 Å². The van der Waals surface area contributed by atoms with Gasteiger partial charge in [0.1, 0.15) is 34.9 Å². The number of hydrogen-bond acceptors (Lipinski definition) is 11. The van der Waals surface area contributed by atoms with Crippen molar-refractivity contribution in [3.8, 4) is 0 Å². The summed E-state index contributed by atoms with van der Waals surface area (Å²) in [5.41, 5.74) is -1.12. The predicted octanol–water partition coefficient (Wildman–Crippen LogP) is -1.25. The van der Waals surface area contributed by atoms with E-state index in [-0.39, 0.29) is 11.5 Å². The van der Waals surface area contributed by atoms with Gasteiger partial charge in [-0.25, -0.2) is 4.28 Å². The normalized spacial score (nSPS) is 31.9. The van der Waals surface area contributed by atoms with Gasteiger partial charge < -0.3 is 25.2 Å². The van der Waals surface area contributed by atoms with Crippen LogP contribution in [0, 0.1) is 0 Å². The summed E-state index contributed by atoms with van der Waals surface area (Å²) in [7, 11) is -4.79. The first-order valence-corrected chi connectivity index (χ1v) is 9.88. The number of ether oxygens (including phenoxy) is 1. The van der Waals surface area contributed by atoms with Crippen LogP contribution in [0.5, 0.6) is 0 Å². The van der Waals surface area contributed by atoms with E-state index in [9.17, 15) is 23.7 Å². The highest BCUT2D eigenvalue weighted by molar-refractivity contribution is 8.14. The fraction of sp³-hybridized carbons (Fsp3) is 0.909. The van der Waals surface area contributed by atoms with E-state index in [0.29, 0.717) is 18.6 Å². The van der Waals surface area contributed by atoms with Crippen molar-refractivity contribution in [3.63, 3.8) is 0 Å². The highest BCUT2D eigenvalue weighted by Crippen LogP contribution is 2.30. The summed E-state index contributed by atoms with van der Waals surface area (Å²) >= 11 is 4.81. The number of rotatable bonds is 8. The molecule has 1 heterocycles. The van der Waals surface area contributed by atoms with Gasteiger partial charge in [-0.2, -0.15) is 21.0 Å². The average Bonchev–Trinajstić information content (AvgIpc) is 2.52. The Morgan fingerprint density at radius 1 is 1.21 bits per heavy atom. The second-order valence-electron chi connectivity index (χ2n) is 4.98. The molecule has 0 aliphatic carbocycles. The molecule has 0 unspecified atom stereocenters. The molecule has 1 rings (SSSR count). The van der Waals surface area contributed by atoms with Crippen LogP contribution in [0.3, 0.4) is 0 Å². The molecular formula is C11H21NO9S3. The lowest BCUT2D eigenvalue weighted by Crippen LogP contribution is -2.57. The summed E-state index contributed by atoms with van der Waals surface area (Å²) in [5.74, 6) is 0.594. The number of oxime groups is 1. The van der Waals surface area contributed by atoms with Gasteiger partial charge in [0.25, 0.3) is 0 Å². The minimum Gasteiger partial charge on any atom is -0.394 e. The first-order chi connectivity index (χ1) is 11.2. The van der Waals surface area contributed by atoms with Crippen molar-refractivity contribution in [3.05, 3.63) is 0 Å². The molecule has 24 heavy (non-hydrogen) atoms. The Bertz CT molecular complexity index is 513. The molecule has 1 aliphatic rings. The summed E-state index contributed by atoms with van der Waals surface area (Å²) in [6.07, 6.45) is -4.15. The number of aliphatic hydroxyl groups is 4. The predicted molar refractivity (Wildman–Crippen MR) is 89.1 cm³/mol. The van der Waals surface area contributed by atoms with Gasteiger partial charge in [0.05, 0.1) is 6.61 Å². The Labute approximate surface area is 149 Å². The Kier molecular flexibility index (Phi) is 9.25. The molecule has 0 aromatic heterocycles. The Balaban J connectivity index is 2.82. The third-order valence-electron chi connectivity index (χ3n) is 3.13. The lowest BCUT2D eigenvalue weighted by Gasteiger charge is -2.39. The fourth-order valence-electron chi connectivity index (χ4n) is 1.90. The minimum absolute atomic E-state index is 0.0822. The molecule has 1 saturated heterocycles. The van der Waals surface area contributed by atoms with Gasteiger partial charge >= 0.3 is 10.4 Å². The molecule has 0 amide bonds. The zero-order chi connectivity index (χ0) is 18.3. The van der Waals surface area contributed by atoms with Crippen LogP contribution in [-0.4, -0.2) is 80.7 Å². The summed E-state index contributed by atoms with van der Waals surface area (Å²) in [4.78, 5) is 0. The van der Waals surface area contributed by atoms with Crippen LogP contribution in [0.25, 0.3) is 0 Å². The van der Waals surface area contributed by atoms with Crippen LogP contribution < -0.4 is 0 Å². The van der Waals surface area contributed by atoms with Crippen LogP contribution >= 0.6 is 24.4 Å². The van der Waals surface area contributed by atoms with E-state index < -0.39 is 46.9 Å². The Hall–Kier alpha value is -0.120. The standard InChI is InChI=1S/C11H21NO9S3/c13-5-6-8(14)9(15)10(16)11(20-6)23-7(3-1-2-4-22)12-21-24(17,18)19/h6,8-11,13-16,22H,1-5H2,(H,17,18,19)/b12-7+/t6-,8+,9+,10-,11+/m1/s1. The molecule has 1 aliphatic heterocycles. The topological polar surface area (TPSA) is 166 Å². The maximum atomic E-state index is 10.6. The minimum atomic E-state index is -4.79. The number of aliphatic hydroxyl groups excluding tert-OH is 4. The van der Waals surface area contributed by atoms with Crippen LogP contribution in [-0.2, 0) is 19.4 Å². The van der Waals surface area contributed by atoms with Crippen molar-refractivity contribution in [2.24, 2.45) is 5.16 Å². The zero-order valence-corrected chi connectivity index (χ0v) is 15.0. The first kappa shape index (κ1) is 21.9. The fourth-order valence-corrected chi connectivity index (χ4v) is 3.47. The van der Waals surface area contributed by atoms with Crippen LogP contribution in [0.2, 0.25) is 0 Å². The van der Waals surface area contributed by atoms with E-state index in [1.54, 1.807) is 0 Å². The van der Waals surface area contributed by atoms with Crippen molar-refractivity contribution < 1.29 is 42.4 Å². The van der Waals surface area contributed by atoms with Crippen LogP contribution in [0.1, 0.15) is 19.3 Å². The summed E-state index contributed by atoms with van der Waals surface area (Å²) in [5, 5.41) is 41.9. The summed E-state index contributed by atoms with van der Waals surface area (Å²) in [6.45, 7) is -0.588. The van der Waals surface area contributed by atoms with Gasteiger partial charge in [-0.15, -0.1) is 0 Å². The number of hydrogen-bond donors (Lipinski definition) is 6. The summed E-state index contributed by atoms with van der Waals surface area (Å²) < 4.78 is 39.1. The van der Waals surface area contributed by atoms with Crippen molar-refractivity contribution in [2.45, 2.75) is 49.1 Å². The van der Waals surface area contributed by atoms with Crippen molar-refractivity contribution in [2.75, 3.05) is 12.4 Å².